The van der Waals surface area contributed by atoms with E-state index in [2.05, 4.69) is 10.6 Å². The molecule has 0 spiro atoms. The van der Waals surface area contributed by atoms with E-state index in [4.69, 9.17) is 14.2 Å². The van der Waals surface area contributed by atoms with E-state index in [1.165, 1.54) is 0 Å². The van der Waals surface area contributed by atoms with E-state index in [1.54, 1.807) is 36.4 Å². The fraction of sp³-hybridized carbons (Fsp3) is 0.250. The zero-order valence-electron chi connectivity index (χ0n) is 18.0. The highest BCUT2D eigenvalue weighted by atomic mass is 16.6. The molecule has 2 amide bonds. The van der Waals surface area contributed by atoms with Gasteiger partial charge in [0.1, 0.15) is 11.5 Å². The summed E-state index contributed by atoms with van der Waals surface area (Å²) in [5, 5.41) is 6.58. The molecule has 0 atom stereocenters. The van der Waals surface area contributed by atoms with Gasteiger partial charge in [0.2, 0.25) is 0 Å². The van der Waals surface area contributed by atoms with Crippen LogP contribution in [0.2, 0.25) is 0 Å². The maximum absolute atomic E-state index is 12.4. The highest BCUT2D eigenvalue weighted by Gasteiger charge is 2.21. The number of hydrogen-bond donors (Lipinski definition) is 2. The van der Waals surface area contributed by atoms with Gasteiger partial charge in [0.15, 0.2) is 11.5 Å². The van der Waals surface area contributed by atoms with Crippen molar-refractivity contribution in [2.24, 2.45) is 0 Å². The van der Waals surface area contributed by atoms with Crippen molar-refractivity contribution in [3.05, 3.63) is 60.7 Å². The lowest BCUT2D eigenvalue weighted by Gasteiger charge is -2.18. The van der Waals surface area contributed by atoms with Crippen LogP contribution in [0.5, 0.6) is 23.0 Å². The van der Waals surface area contributed by atoms with Crippen LogP contribution >= 0.6 is 0 Å². The Balaban J connectivity index is 2.09. The van der Waals surface area contributed by atoms with Gasteiger partial charge in [-0.1, -0.05) is 42.5 Å². The van der Waals surface area contributed by atoms with E-state index < -0.39 is 12.2 Å². The lowest BCUT2D eigenvalue weighted by atomic mass is 10.1. The van der Waals surface area contributed by atoms with Crippen LogP contribution in [0.3, 0.4) is 0 Å². The van der Waals surface area contributed by atoms with Gasteiger partial charge in [-0.05, 0) is 39.8 Å². The first-order chi connectivity index (χ1) is 14.8. The third kappa shape index (κ3) is 5.88. The first-order valence-corrected chi connectivity index (χ1v) is 10.1. The Hall–Kier alpha value is -3.74. The van der Waals surface area contributed by atoms with Crippen LogP contribution in [0.15, 0.2) is 60.7 Å². The minimum absolute atomic E-state index is 0.0823. The normalized spacial score (nSPS) is 10.8. The lowest BCUT2D eigenvalue weighted by Crippen LogP contribution is -2.33. The fourth-order valence-corrected chi connectivity index (χ4v) is 2.90. The quantitative estimate of drug-likeness (QED) is 0.538. The van der Waals surface area contributed by atoms with Crippen LogP contribution in [0.1, 0.15) is 27.7 Å². The molecule has 3 aromatic carbocycles. The molecule has 0 bridgehead atoms. The number of hydrogen-bond acceptors (Lipinski definition) is 5. The van der Waals surface area contributed by atoms with Gasteiger partial charge < -0.3 is 24.8 Å². The van der Waals surface area contributed by atoms with E-state index in [9.17, 15) is 9.59 Å². The van der Waals surface area contributed by atoms with Gasteiger partial charge in [-0.25, -0.2) is 9.59 Å². The Morgan fingerprint density at radius 1 is 0.710 bits per heavy atom. The van der Waals surface area contributed by atoms with Crippen molar-refractivity contribution in [3.63, 3.8) is 0 Å². The van der Waals surface area contributed by atoms with E-state index in [0.29, 0.717) is 16.5 Å². The number of carbonyl (C=O) groups is 2. The fourth-order valence-electron chi connectivity index (χ4n) is 2.90. The molecule has 0 fully saturated rings. The van der Waals surface area contributed by atoms with Crippen LogP contribution < -0.4 is 24.8 Å². The smallest absolute Gasteiger partial charge is 0.412 e. The molecule has 0 aliphatic rings. The average Bonchev–Trinajstić information content (AvgIpc) is 2.70. The molecule has 0 aromatic heterocycles. The second-order valence-electron chi connectivity index (χ2n) is 7.54. The SMILES string of the molecule is CC(C)NC(=O)Oc1cc(Oc2ccccc2)c(OC(=O)NC(C)C)c2ccccc12. The summed E-state index contributed by atoms with van der Waals surface area (Å²) in [6.45, 7) is 7.36. The molecule has 3 rings (SSSR count). The van der Waals surface area contributed by atoms with Crippen LogP contribution in [0, 0.1) is 0 Å². The van der Waals surface area contributed by atoms with E-state index >= 15 is 0 Å². The summed E-state index contributed by atoms with van der Waals surface area (Å²) < 4.78 is 17.2. The highest BCUT2D eigenvalue weighted by molar-refractivity contribution is 5.98. The molecule has 162 valence electrons. The van der Waals surface area contributed by atoms with Crippen molar-refractivity contribution in [2.75, 3.05) is 0 Å². The largest absolute Gasteiger partial charge is 0.453 e. The number of nitrogens with one attached hydrogen (secondary N) is 2. The molecule has 7 heteroatoms. The second kappa shape index (κ2) is 9.84. The van der Waals surface area contributed by atoms with E-state index in [-0.39, 0.29) is 29.3 Å². The molecule has 31 heavy (non-hydrogen) atoms. The number of carbonyl (C=O) groups excluding carboxylic acids is 2. The summed E-state index contributed by atoms with van der Waals surface area (Å²) in [5.74, 6) is 1.31. The Bertz CT molecular complexity index is 1060. The van der Waals surface area contributed by atoms with Gasteiger partial charge in [-0.15, -0.1) is 0 Å². The number of ether oxygens (including phenoxy) is 3. The molecular formula is C24H26N2O5. The van der Waals surface area contributed by atoms with Gasteiger partial charge in [0.05, 0.1) is 0 Å². The van der Waals surface area contributed by atoms with Crippen molar-refractivity contribution in [2.45, 2.75) is 39.8 Å². The van der Waals surface area contributed by atoms with Crippen molar-refractivity contribution >= 4 is 23.0 Å². The molecule has 0 radical (unpaired) electrons. The minimum Gasteiger partial charge on any atom is -0.453 e. The molecule has 2 N–H and O–H groups in total. The summed E-state index contributed by atoms with van der Waals surface area (Å²) in [4.78, 5) is 24.6. The van der Waals surface area contributed by atoms with Gasteiger partial charge in [-0.3, -0.25) is 0 Å². The summed E-state index contributed by atoms with van der Waals surface area (Å²) >= 11 is 0. The first-order valence-electron chi connectivity index (χ1n) is 10.1. The summed E-state index contributed by atoms with van der Waals surface area (Å²) in [6.07, 6.45) is -1.19. The summed E-state index contributed by atoms with van der Waals surface area (Å²) in [7, 11) is 0. The van der Waals surface area contributed by atoms with Gasteiger partial charge in [0.25, 0.3) is 0 Å². The van der Waals surface area contributed by atoms with Crippen molar-refractivity contribution in [3.8, 4) is 23.0 Å². The third-order valence-electron chi connectivity index (χ3n) is 4.10. The van der Waals surface area contributed by atoms with Gasteiger partial charge in [0, 0.05) is 28.9 Å². The Labute approximate surface area is 181 Å². The molecule has 0 saturated heterocycles. The third-order valence-corrected chi connectivity index (χ3v) is 4.10. The summed E-state index contributed by atoms with van der Waals surface area (Å²) in [5.41, 5.74) is 0. The number of benzene rings is 3. The lowest BCUT2D eigenvalue weighted by molar-refractivity contribution is 0.195. The minimum atomic E-state index is -0.607. The topological polar surface area (TPSA) is 85.9 Å². The number of rotatable bonds is 6. The van der Waals surface area contributed by atoms with Crippen molar-refractivity contribution in [1.82, 2.24) is 10.6 Å². The number of fused-ring (bicyclic) bond motifs is 1. The second-order valence-corrected chi connectivity index (χ2v) is 7.54. The predicted molar refractivity (Wildman–Crippen MR) is 119 cm³/mol. The van der Waals surface area contributed by atoms with Crippen molar-refractivity contribution in [1.29, 1.82) is 0 Å². The molecule has 0 unspecified atom stereocenters. The number of para-hydroxylation sites is 1. The molecule has 0 aliphatic carbocycles. The molecule has 3 aromatic rings. The standard InChI is InChI=1S/C24H26N2O5/c1-15(2)25-23(27)30-20-14-21(29-17-10-6-5-7-11-17)22(31-24(28)26-16(3)4)19-13-9-8-12-18(19)20/h5-16H,1-4H3,(H,25,27)(H,26,28). The Morgan fingerprint density at radius 3 is 1.87 bits per heavy atom. The summed E-state index contributed by atoms with van der Waals surface area (Å²) in [6, 6.07) is 17.6. The molecule has 0 aliphatic heterocycles. The molecule has 0 heterocycles. The van der Waals surface area contributed by atoms with Crippen LogP contribution in [0.25, 0.3) is 10.8 Å². The zero-order chi connectivity index (χ0) is 22.4. The molecule has 7 nitrogen and oxygen atoms in total. The predicted octanol–water partition coefficient (Wildman–Crippen LogP) is 5.63. The van der Waals surface area contributed by atoms with Crippen LogP contribution in [-0.2, 0) is 0 Å². The number of amides is 2. The maximum Gasteiger partial charge on any atom is 0.412 e. The highest BCUT2D eigenvalue weighted by Crippen LogP contribution is 2.43. The van der Waals surface area contributed by atoms with Gasteiger partial charge in [-0.2, -0.15) is 0 Å². The maximum atomic E-state index is 12.4. The van der Waals surface area contributed by atoms with Crippen LogP contribution in [-0.4, -0.2) is 24.3 Å². The monoisotopic (exact) mass is 422 g/mol. The zero-order valence-corrected chi connectivity index (χ0v) is 18.0. The Kier molecular flexibility index (Phi) is 6.97. The van der Waals surface area contributed by atoms with Crippen molar-refractivity contribution < 1.29 is 23.8 Å². The first kappa shape index (κ1) is 22.0. The Morgan fingerprint density at radius 2 is 1.26 bits per heavy atom. The van der Waals surface area contributed by atoms with Gasteiger partial charge >= 0.3 is 12.2 Å². The van der Waals surface area contributed by atoms with E-state index in [0.717, 1.165) is 0 Å². The molecule has 0 saturated carbocycles. The average molecular weight is 422 g/mol. The van der Waals surface area contributed by atoms with E-state index in [1.807, 2.05) is 52.0 Å². The van der Waals surface area contributed by atoms with Crippen LogP contribution in [0.4, 0.5) is 9.59 Å². The molecular weight excluding hydrogens is 396 g/mol.